The van der Waals surface area contributed by atoms with Crippen LogP contribution in [0.1, 0.15) is 37.0 Å². The van der Waals surface area contributed by atoms with Crippen LogP contribution in [-0.4, -0.2) is 55.6 Å². The van der Waals surface area contributed by atoms with E-state index in [-0.39, 0.29) is 12.5 Å². The molecule has 0 spiro atoms. The molecule has 9 heteroatoms. The number of hydrogen-bond donors (Lipinski definition) is 2. The Hall–Kier alpha value is -1.80. The fourth-order valence-corrected chi connectivity index (χ4v) is 3.25. The number of alkyl halides is 3. The van der Waals surface area contributed by atoms with Gasteiger partial charge in [0.15, 0.2) is 0 Å². The molecule has 0 radical (unpaired) electrons. The van der Waals surface area contributed by atoms with E-state index >= 15 is 0 Å². The lowest BCUT2D eigenvalue weighted by atomic mass is 9.91. The Morgan fingerprint density at radius 3 is 2.41 bits per heavy atom. The number of benzene rings is 1. The van der Waals surface area contributed by atoms with Crippen LogP contribution in [-0.2, 0) is 4.79 Å². The number of hydrogen-bond acceptors (Lipinski definition) is 3. The SMILES string of the molecule is CC(C)(C(=O)NCCN1CCC(CNC(=O)c2cccc(Cl)c2)CC1)C(F)(F)F. The molecule has 1 aliphatic rings. The van der Waals surface area contributed by atoms with E-state index in [0.717, 1.165) is 39.8 Å². The van der Waals surface area contributed by atoms with Crippen molar-refractivity contribution in [2.45, 2.75) is 32.9 Å². The Kier molecular flexibility index (Phi) is 7.94. The van der Waals surface area contributed by atoms with E-state index in [0.29, 0.717) is 29.6 Å². The van der Waals surface area contributed by atoms with Crippen LogP contribution in [0.5, 0.6) is 0 Å². The zero-order chi connectivity index (χ0) is 21.7. The van der Waals surface area contributed by atoms with Gasteiger partial charge in [-0.15, -0.1) is 0 Å². The summed E-state index contributed by atoms with van der Waals surface area (Å²) < 4.78 is 38.6. The van der Waals surface area contributed by atoms with Crippen molar-refractivity contribution in [1.29, 1.82) is 0 Å². The zero-order valence-electron chi connectivity index (χ0n) is 16.6. The summed E-state index contributed by atoms with van der Waals surface area (Å²) in [6, 6.07) is 6.76. The normalized spacial score (nSPS) is 16.5. The van der Waals surface area contributed by atoms with Crippen LogP contribution >= 0.6 is 11.6 Å². The average molecular weight is 434 g/mol. The van der Waals surface area contributed by atoms with E-state index in [9.17, 15) is 22.8 Å². The van der Waals surface area contributed by atoms with Gasteiger partial charge in [-0.1, -0.05) is 17.7 Å². The van der Waals surface area contributed by atoms with Gasteiger partial charge in [-0.25, -0.2) is 0 Å². The average Bonchev–Trinajstić information content (AvgIpc) is 2.66. The molecule has 1 fully saturated rings. The topological polar surface area (TPSA) is 61.4 Å². The molecule has 1 aromatic rings. The van der Waals surface area contributed by atoms with Crippen LogP contribution in [0.2, 0.25) is 5.02 Å². The van der Waals surface area contributed by atoms with Gasteiger partial charge >= 0.3 is 6.18 Å². The number of piperidine rings is 1. The smallest absolute Gasteiger partial charge is 0.354 e. The summed E-state index contributed by atoms with van der Waals surface area (Å²) in [6.45, 7) is 4.55. The Morgan fingerprint density at radius 2 is 1.83 bits per heavy atom. The molecule has 1 aliphatic heterocycles. The number of amides is 2. The highest BCUT2D eigenvalue weighted by molar-refractivity contribution is 6.30. The van der Waals surface area contributed by atoms with Gasteiger partial charge in [0.1, 0.15) is 5.41 Å². The van der Waals surface area contributed by atoms with E-state index in [1.807, 2.05) is 0 Å². The van der Waals surface area contributed by atoms with Crippen LogP contribution < -0.4 is 10.6 Å². The molecule has 1 saturated heterocycles. The predicted octanol–water partition coefficient (Wildman–Crippen LogP) is 3.49. The first-order valence-corrected chi connectivity index (χ1v) is 9.99. The number of carbonyl (C=O) groups excluding carboxylic acids is 2. The molecule has 29 heavy (non-hydrogen) atoms. The van der Waals surface area contributed by atoms with Gasteiger partial charge in [-0.3, -0.25) is 9.59 Å². The van der Waals surface area contributed by atoms with Gasteiger partial charge in [-0.05, 0) is 63.9 Å². The van der Waals surface area contributed by atoms with E-state index in [1.165, 1.54) is 0 Å². The molecule has 1 aromatic carbocycles. The van der Waals surface area contributed by atoms with Crippen molar-refractivity contribution in [2.75, 3.05) is 32.7 Å². The number of likely N-dealkylation sites (tertiary alicyclic amines) is 1. The van der Waals surface area contributed by atoms with Crippen LogP contribution in [0.3, 0.4) is 0 Å². The van der Waals surface area contributed by atoms with Gasteiger partial charge in [0.2, 0.25) is 5.91 Å². The molecule has 2 amide bonds. The van der Waals surface area contributed by atoms with Crippen LogP contribution in [0.4, 0.5) is 13.2 Å². The highest BCUT2D eigenvalue weighted by Crippen LogP contribution is 2.37. The first kappa shape index (κ1) is 23.5. The molecule has 2 N–H and O–H groups in total. The molecule has 0 bridgehead atoms. The third kappa shape index (κ3) is 6.60. The number of nitrogens with one attached hydrogen (secondary N) is 2. The molecule has 162 valence electrons. The molecule has 0 atom stereocenters. The minimum atomic E-state index is -4.58. The maximum absolute atomic E-state index is 12.9. The van der Waals surface area contributed by atoms with E-state index in [2.05, 4.69) is 15.5 Å². The molecule has 0 aliphatic carbocycles. The van der Waals surface area contributed by atoms with Crippen molar-refractivity contribution in [2.24, 2.45) is 11.3 Å². The Morgan fingerprint density at radius 1 is 1.17 bits per heavy atom. The van der Waals surface area contributed by atoms with Gasteiger partial charge in [0.05, 0.1) is 0 Å². The molecule has 1 heterocycles. The summed E-state index contributed by atoms with van der Waals surface area (Å²) >= 11 is 5.89. The molecule has 5 nitrogen and oxygen atoms in total. The standard InChI is InChI=1S/C20H27ClF3N3O2/c1-19(2,20(22,23)24)18(29)25-8-11-27-9-6-14(7-10-27)13-26-17(28)15-4-3-5-16(21)12-15/h3-5,12,14H,6-11,13H2,1-2H3,(H,25,29)(H,26,28). The van der Waals surface area contributed by atoms with Gasteiger partial charge < -0.3 is 15.5 Å². The van der Waals surface area contributed by atoms with Crippen molar-refractivity contribution < 1.29 is 22.8 Å². The lowest BCUT2D eigenvalue weighted by Gasteiger charge is -2.32. The Bertz CT molecular complexity index is 717. The Labute approximate surface area is 174 Å². The summed E-state index contributed by atoms with van der Waals surface area (Å²) in [7, 11) is 0. The van der Waals surface area contributed by atoms with Crippen molar-refractivity contribution in [3.63, 3.8) is 0 Å². The van der Waals surface area contributed by atoms with Crippen LogP contribution in [0.25, 0.3) is 0 Å². The largest absolute Gasteiger partial charge is 0.402 e. The van der Waals surface area contributed by atoms with Crippen LogP contribution in [0, 0.1) is 11.3 Å². The van der Waals surface area contributed by atoms with Crippen molar-refractivity contribution in [1.82, 2.24) is 15.5 Å². The van der Waals surface area contributed by atoms with Gasteiger partial charge in [0, 0.05) is 30.2 Å². The minimum absolute atomic E-state index is 0.162. The summed E-state index contributed by atoms with van der Waals surface area (Å²) in [4.78, 5) is 26.1. The number of halogens is 4. The zero-order valence-corrected chi connectivity index (χ0v) is 17.4. The summed E-state index contributed by atoms with van der Waals surface area (Å²) in [5.74, 6) is -0.832. The maximum atomic E-state index is 12.9. The second kappa shape index (κ2) is 9.80. The fraction of sp³-hybridized carbons (Fsp3) is 0.600. The lowest BCUT2D eigenvalue weighted by molar-refractivity contribution is -0.211. The summed E-state index contributed by atoms with van der Waals surface area (Å²) in [5, 5.41) is 5.81. The molecular formula is C20H27ClF3N3O2. The minimum Gasteiger partial charge on any atom is -0.354 e. The molecular weight excluding hydrogens is 407 g/mol. The molecule has 0 aromatic heterocycles. The molecule has 0 saturated carbocycles. The number of carbonyl (C=O) groups is 2. The van der Waals surface area contributed by atoms with Crippen molar-refractivity contribution >= 4 is 23.4 Å². The summed E-state index contributed by atoms with van der Waals surface area (Å²) in [6.07, 6.45) is -2.83. The number of nitrogens with zero attached hydrogens (tertiary/aromatic N) is 1. The Balaban J connectivity index is 1.66. The van der Waals surface area contributed by atoms with E-state index in [1.54, 1.807) is 24.3 Å². The van der Waals surface area contributed by atoms with E-state index < -0.39 is 17.5 Å². The summed E-state index contributed by atoms with van der Waals surface area (Å²) in [5.41, 5.74) is -1.88. The third-order valence-electron chi connectivity index (χ3n) is 5.34. The monoisotopic (exact) mass is 433 g/mol. The predicted molar refractivity (Wildman–Crippen MR) is 106 cm³/mol. The second-order valence-corrected chi connectivity index (χ2v) is 8.32. The van der Waals surface area contributed by atoms with Gasteiger partial charge in [0.25, 0.3) is 5.91 Å². The quantitative estimate of drug-likeness (QED) is 0.692. The first-order valence-electron chi connectivity index (χ1n) is 9.62. The highest BCUT2D eigenvalue weighted by Gasteiger charge is 2.52. The molecule has 2 rings (SSSR count). The lowest BCUT2D eigenvalue weighted by Crippen LogP contribution is -2.49. The third-order valence-corrected chi connectivity index (χ3v) is 5.57. The first-order chi connectivity index (χ1) is 13.5. The van der Waals surface area contributed by atoms with Crippen molar-refractivity contribution in [3.8, 4) is 0 Å². The van der Waals surface area contributed by atoms with E-state index in [4.69, 9.17) is 11.6 Å². The van der Waals surface area contributed by atoms with Crippen LogP contribution in [0.15, 0.2) is 24.3 Å². The molecule has 0 unspecified atom stereocenters. The second-order valence-electron chi connectivity index (χ2n) is 7.88. The highest BCUT2D eigenvalue weighted by atomic mass is 35.5. The van der Waals surface area contributed by atoms with Crippen molar-refractivity contribution in [3.05, 3.63) is 34.9 Å². The van der Waals surface area contributed by atoms with Gasteiger partial charge in [-0.2, -0.15) is 13.2 Å². The fourth-order valence-electron chi connectivity index (χ4n) is 3.06. The number of rotatable bonds is 7. The maximum Gasteiger partial charge on any atom is 0.402 e.